The third-order valence-electron chi connectivity index (χ3n) is 3.98. The summed E-state index contributed by atoms with van der Waals surface area (Å²) in [6, 6.07) is 19.4. The van der Waals surface area contributed by atoms with E-state index in [1.165, 1.54) is 12.1 Å². The number of para-hydroxylation sites is 1. The van der Waals surface area contributed by atoms with E-state index in [2.05, 4.69) is 5.32 Å². The Bertz CT molecular complexity index is 986. The summed E-state index contributed by atoms with van der Waals surface area (Å²) in [5, 5.41) is 11.7. The van der Waals surface area contributed by atoms with E-state index in [0.29, 0.717) is 22.6 Å². The van der Waals surface area contributed by atoms with Gasteiger partial charge in [0.05, 0.1) is 12.0 Å². The molecule has 0 saturated heterocycles. The zero-order valence-electron chi connectivity index (χ0n) is 14.9. The van der Waals surface area contributed by atoms with Crippen molar-refractivity contribution in [1.82, 2.24) is 0 Å². The third-order valence-corrected chi connectivity index (χ3v) is 3.98. The van der Waals surface area contributed by atoms with Crippen molar-refractivity contribution in [3.05, 3.63) is 95.3 Å². The van der Waals surface area contributed by atoms with Gasteiger partial charge in [-0.05, 0) is 47.5 Å². The lowest BCUT2D eigenvalue weighted by Crippen LogP contribution is -2.14. The number of hydrogen-bond donors (Lipinski definition) is 2. The SMILES string of the molecule is O=C(O)Cc1cccc(NC(=O)c2ccccc2OCc2ccc(F)cc2)c1. The zero-order valence-corrected chi connectivity index (χ0v) is 14.9. The standard InChI is InChI=1S/C22H18FNO4/c23-17-10-8-15(9-11-17)14-28-20-7-2-1-6-19(20)22(27)24-18-5-3-4-16(12-18)13-21(25)26/h1-12H,13-14H2,(H,24,27)(H,25,26). The van der Waals surface area contributed by atoms with Crippen molar-refractivity contribution in [2.45, 2.75) is 13.0 Å². The highest BCUT2D eigenvalue weighted by Crippen LogP contribution is 2.21. The maximum Gasteiger partial charge on any atom is 0.307 e. The quantitative estimate of drug-likeness (QED) is 0.642. The van der Waals surface area contributed by atoms with Crippen molar-refractivity contribution >= 4 is 17.6 Å². The lowest BCUT2D eigenvalue weighted by molar-refractivity contribution is -0.136. The average molecular weight is 379 g/mol. The lowest BCUT2D eigenvalue weighted by atomic mass is 10.1. The van der Waals surface area contributed by atoms with Gasteiger partial charge in [0.15, 0.2) is 0 Å². The van der Waals surface area contributed by atoms with Crippen LogP contribution in [0.2, 0.25) is 0 Å². The minimum Gasteiger partial charge on any atom is -0.488 e. The summed E-state index contributed by atoms with van der Waals surface area (Å²) < 4.78 is 18.7. The number of benzene rings is 3. The molecule has 0 radical (unpaired) electrons. The highest BCUT2D eigenvalue weighted by molar-refractivity contribution is 6.06. The van der Waals surface area contributed by atoms with Crippen LogP contribution in [0.1, 0.15) is 21.5 Å². The fourth-order valence-electron chi connectivity index (χ4n) is 2.65. The van der Waals surface area contributed by atoms with Gasteiger partial charge in [-0.2, -0.15) is 0 Å². The van der Waals surface area contributed by atoms with Crippen LogP contribution < -0.4 is 10.1 Å². The lowest BCUT2D eigenvalue weighted by Gasteiger charge is -2.12. The molecule has 3 aromatic rings. The Morgan fingerprint density at radius 2 is 1.68 bits per heavy atom. The molecule has 28 heavy (non-hydrogen) atoms. The fourth-order valence-corrected chi connectivity index (χ4v) is 2.65. The van der Waals surface area contributed by atoms with Gasteiger partial charge in [0, 0.05) is 5.69 Å². The van der Waals surface area contributed by atoms with Gasteiger partial charge in [-0.15, -0.1) is 0 Å². The van der Waals surface area contributed by atoms with E-state index in [1.807, 2.05) is 0 Å². The number of anilines is 1. The van der Waals surface area contributed by atoms with Gasteiger partial charge in [-0.25, -0.2) is 4.39 Å². The molecular formula is C22H18FNO4. The van der Waals surface area contributed by atoms with E-state index in [9.17, 15) is 14.0 Å². The molecule has 3 rings (SSSR count). The van der Waals surface area contributed by atoms with Crippen LogP contribution in [0, 0.1) is 5.82 Å². The number of halogens is 1. The normalized spacial score (nSPS) is 10.3. The molecule has 0 aliphatic heterocycles. The van der Waals surface area contributed by atoms with Crippen LogP contribution in [-0.2, 0) is 17.8 Å². The van der Waals surface area contributed by atoms with Crippen LogP contribution in [0.15, 0.2) is 72.8 Å². The number of carbonyl (C=O) groups excluding carboxylic acids is 1. The van der Waals surface area contributed by atoms with E-state index in [4.69, 9.17) is 9.84 Å². The molecule has 5 nitrogen and oxygen atoms in total. The number of carboxylic acids is 1. The van der Waals surface area contributed by atoms with E-state index in [1.54, 1.807) is 60.7 Å². The number of ether oxygens (including phenoxy) is 1. The molecule has 0 aromatic heterocycles. The summed E-state index contributed by atoms with van der Waals surface area (Å²) in [5.74, 6) is -1.25. The van der Waals surface area contributed by atoms with Crippen LogP contribution in [0.5, 0.6) is 5.75 Å². The minimum atomic E-state index is -0.942. The summed E-state index contributed by atoms with van der Waals surface area (Å²) >= 11 is 0. The average Bonchev–Trinajstić information content (AvgIpc) is 2.67. The van der Waals surface area contributed by atoms with E-state index in [0.717, 1.165) is 5.56 Å². The van der Waals surface area contributed by atoms with Crippen molar-refractivity contribution in [3.8, 4) is 5.75 Å². The molecule has 6 heteroatoms. The molecule has 0 bridgehead atoms. The number of rotatable bonds is 7. The van der Waals surface area contributed by atoms with Gasteiger partial charge in [0.2, 0.25) is 0 Å². The van der Waals surface area contributed by atoms with Crippen LogP contribution in [0.3, 0.4) is 0 Å². The number of carbonyl (C=O) groups is 2. The van der Waals surface area contributed by atoms with Crippen molar-refractivity contribution in [2.75, 3.05) is 5.32 Å². The molecule has 0 atom stereocenters. The summed E-state index contributed by atoms with van der Waals surface area (Å²) in [7, 11) is 0. The monoisotopic (exact) mass is 379 g/mol. The second-order valence-electron chi connectivity index (χ2n) is 6.14. The zero-order chi connectivity index (χ0) is 19.9. The molecule has 0 heterocycles. The van der Waals surface area contributed by atoms with Gasteiger partial charge in [-0.1, -0.05) is 36.4 Å². The predicted octanol–water partition coefficient (Wildman–Crippen LogP) is 4.28. The predicted molar refractivity (Wildman–Crippen MR) is 103 cm³/mol. The molecule has 0 unspecified atom stereocenters. The molecule has 0 aliphatic rings. The molecule has 1 amide bonds. The first-order valence-electron chi connectivity index (χ1n) is 8.59. The number of carboxylic acid groups (broad SMARTS) is 1. The van der Waals surface area contributed by atoms with Crippen LogP contribution >= 0.6 is 0 Å². The van der Waals surface area contributed by atoms with E-state index >= 15 is 0 Å². The number of hydrogen-bond acceptors (Lipinski definition) is 3. The Balaban J connectivity index is 1.72. The van der Waals surface area contributed by atoms with Crippen LogP contribution in [0.4, 0.5) is 10.1 Å². The largest absolute Gasteiger partial charge is 0.488 e. The molecule has 0 fully saturated rings. The van der Waals surface area contributed by atoms with Crippen molar-refractivity contribution < 1.29 is 23.8 Å². The van der Waals surface area contributed by atoms with Gasteiger partial charge >= 0.3 is 5.97 Å². The Hall–Kier alpha value is -3.67. The highest BCUT2D eigenvalue weighted by atomic mass is 19.1. The Kier molecular flexibility index (Phi) is 6.01. The highest BCUT2D eigenvalue weighted by Gasteiger charge is 2.13. The maximum atomic E-state index is 13.0. The first kappa shape index (κ1) is 19.1. The topological polar surface area (TPSA) is 75.6 Å². The first-order valence-corrected chi connectivity index (χ1v) is 8.59. The number of nitrogens with one attached hydrogen (secondary N) is 1. The second kappa shape index (κ2) is 8.81. The maximum absolute atomic E-state index is 13.0. The summed E-state index contributed by atoms with van der Waals surface area (Å²) in [6.45, 7) is 0.193. The summed E-state index contributed by atoms with van der Waals surface area (Å²) in [6.07, 6.45) is -0.124. The Labute approximate surface area is 161 Å². The van der Waals surface area contributed by atoms with Crippen molar-refractivity contribution in [1.29, 1.82) is 0 Å². The Morgan fingerprint density at radius 1 is 0.929 bits per heavy atom. The van der Waals surface area contributed by atoms with Gasteiger partial charge in [-0.3, -0.25) is 9.59 Å². The number of amides is 1. The molecule has 3 aromatic carbocycles. The van der Waals surface area contributed by atoms with E-state index < -0.39 is 5.97 Å². The molecule has 0 saturated carbocycles. The number of aliphatic carboxylic acids is 1. The molecule has 142 valence electrons. The van der Waals surface area contributed by atoms with Crippen LogP contribution in [0.25, 0.3) is 0 Å². The van der Waals surface area contributed by atoms with Crippen LogP contribution in [-0.4, -0.2) is 17.0 Å². The first-order chi connectivity index (χ1) is 13.5. The summed E-state index contributed by atoms with van der Waals surface area (Å²) in [4.78, 5) is 23.5. The molecule has 2 N–H and O–H groups in total. The van der Waals surface area contributed by atoms with Crippen molar-refractivity contribution in [2.24, 2.45) is 0 Å². The van der Waals surface area contributed by atoms with E-state index in [-0.39, 0.29) is 24.8 Å². The molecular weight excluding hydrogens is 361 g/mol. The second-order valence-corrected chi connectivity index (χ2v) is 6.14. The van der Waals surface area contributed by atoms with Gasteiger partial charge in [0.25, 0.3) is 5.91 Å². The third kappa shape index (κ3) is 5.17. The minimum absolute atomic E-state index is 0.124. The fraction of sp³-hybridized carbons (Fsp3) is 0.0909. The molecule has 0 spiro atoms. The molecule has 0 aliphatic carbocycles. The van der Waals surface area contributed by atoms with Crippen molar-refractivity contribution in [3.63, 3.8) is 0 Å². The van der Waals surface area contributed by atoms with Gasteiger partial charge < -0.3 is 15.2 Å². The smallest absolute Gasteiger partial charge is 0.307 e. The van der Waals surface area contributed by atoms with Gasteiger partial charge in [0.1, 0.15) is 18.2 Å². The summed E-state index contributed by atoms with van der Waals surface area (Å²) in [5.41, 5.74) is 2.20. The Morgan fingerprint density at radius 3 is 2.43 bits per heavy atom.